The molecule has 14 rings (SSSR count). The van der Waals surface area contributed by atoms with Gasteiger partial charge in [0.05, 0.1) is 49.0 Å². The van der Waals surface area contributed by atoms with Crippen LogP contribution in [0.5, 0.6) is 0 Å². The zero-order valence-electron chi connectivity index (χ0n) is 47.1. The summed E-state index contributed by atoms with van der Waals surface area (Å²) in [6.45, 7) is 0. The van der Waals surface area contributed by atoms with E-state index in [-0.39, 0.29) is 167 Å². The zero-order chi connectivity index (χ0) is 61.7. The van der Waals surface area contributed by atoms with Gasteiger partial charge in [-0.3, -0.25) is 19.6 Å². The van der Waals surface area contributed by atoms with E-state index in [0.29, 0.717) is 112 Å². The van der Waals surface area contributed by atoms with Gasteiger partial charge in [0.25, 0.3) is 11.1 Å². The maximum absolute atomic E-state index is 11.2. The van der Waals surface area contributed by atoms with E-state index in [9.17, 15) is 9.59 Å². The van der Waals surface area contributed by atoms with Crippen LogP contribution in [0.4, 0.5) is 41.2 Å². The summed E-state index contributed by atoms with van der Waals surface area (Å²) in [4.78, 5) is 121. The van der Waals surface area contributed by atoms with Crippen molar-refractivity contribution in [1.82, 2.24) is 140 Å². The summed E-state index contributed by atoms with van der Waals surface area (Å²) in [6, 6.07) is 0. The van der Waals surface area contributed by atoms with Crippen LogP contribution in [-0.4, -0.2) is 177 Å². The van der Waals surface area contributed by atoms with Crippen molar-refractivity contribution in [3.63, 3.8) is 0 Å². The van der Waals surface area contributed by atoms with Crippen LogP contribution in [0.3, 0.4) is 0 Å². The van der Waals surface area contributed by atoms with Gasteiger partial charge < -0.3 is 116 Å². The molecule has 14 aromatic heterocycles. The van der Waals surface area contributed by atoms with Crippen LogP contribution in [0.15, 0.2) is 58.6 Å². The molecule has 0 aliphatic carbocycles. The molecule has 0 saturated heterocycles. The molecule has 50 heteroatoms. The van der Waals surface area contributed by atoms with Gasteiger partial charge in [0.1, 0.15) is 22.3 Å². The number of hydrogen-bond donors (Lipinski definition) is 14. The second-order valence-corrected chi connectivity index (χ2v) is 16.8. The van der Waals surface area contributed by atoms with Crippen molar-refractivity contribution < 1.29 is 117 Å². The third-order valence-electron chi connectivity index (χ3n) is 9.70. The predicted molar refractivity (Wildman–Crippen MR) is 330 cm³/mol. The van der Waals surface area contributed by atoms with E-state index < -0.39 is 0 Å². The van der Waals surface area contributed by atoms with Crippen LogP contribution in [0.2, 0.25) is 20.9 Å². The summed E-state index contributed by atoms with van der Waals surface area (Å²) in [5.41, 5.74) is 37.6. The Morgan fingerprint density at radius 1 is 0.440 bits per heavy atom. The average molecular weight is 2150 g/mol. The minimum absolute atomic E-state index is 0. The summed E-state index contributed by atoms with van der Waals surface area (Å²) in [5.74, 6) is 2.02. The third-order valence-corrected chi connectivity index (χ3v) is 11.0. The number of imidazole rings is 7. The molecule has 14 heterocycles. The first-order chi connectivity index (χ1) is 41.0. The standard InChI is InChI=1S/C6H6ClN5.C6H7N6.C6H6N6.C6H7N5O.C5H3BrN4O.C5H2Cl2N4.C5H3ClN5.2CH5N.H2N.4W.Y/c3*1-8-6-11-4(7)3-5(12-6)10-2-9-3;1-7-6-10-4-3(5(12)11-6)8-2-9-4;6-5-9-3-2(4(11)10-5)7-1-8-3;6-3-2-4(9-1-8-2)11-5(7)10-3;6-5-10-3(7)2-4(11-5)9-1-8-2;2*1-2;;;;;;/h2H,1H3,(H2,8,9,10,11,12);2H,1H3,(H3-,7,8,9,10,11,12);2H,1H3,(H2-2,7,8,9,10,11,12);2H,1H3,(H3,7,8,9,10,11,12);1H,(H2,7,8,9,10,11);1H,(H,8,9,10,11);1H,(H2-,7,8,9,10,11);2*2H2,1H3;1H2;;;;;/q;-1;-2;;;;-1;;;-1;;;;;. The molecule has 40 nitrogen and oxygen atoms in total. The molecule has 0 amide bonds. The van der Waals surface area contributed by atoms with Crippen molar-refractivity contribution in [2.75, 3.05) is 63.6 Å². The fourth-order valence-electron chi connectivity index (χ4n) is 6.12. The normalized spacial score (nSPS) is 9.51. The number of nitrogens with one attached hydrogen (secondary N) is 15. The number of nitrogens with zero attached hydrogens (tertiary/aromatic N) is 20. The Bertz CT molecular complexity index is 4290. The Kier molecular flexibility index (Phi) is 38.8. The Balaban J connectivity index is 0.00000102. The Hall–Kier alpha value is -6.57. The summed E-state index contributed by atoms with van der Waals surface area (Å²) in [7, 11) is 9.80. The van der Waals surface area contributed by atoms with Crippen LogP contribution >= 0.6 is 62.3 Å². The number of fused-ring (bicyclic) bond motifs is 7. The van der Waals surface area contributed by atoms with Gasteiger partial charge in [0, 0.05) is 162 Å². The zero-order valence-corrected chi connectivity index (χ0v) is 66.3. The van der Waals surface area contributed by atoms with E-state index >= 15 is 0 Å². The smallest absolute Gasteiger partial charge is 0.278 e. The SMILES string of the molecule is CN.CN.CNc1nc(Cl)c2[nH]cnc2n1.CNc1nc([NH-])c2[nH]cnc2n1.CNc1nc([NH-])c2nc[n-]c2n1.CNc1nc2nc[nH]c2c(=O)[nH]1.Clc1nc(Cl)c2[nH]cnc2n1.O=c1[nH]c(Br)nc2nc[nH]c12.[NH-]c1nc(Cl)nc2nc[nH]c12.[NH2-].[W].[W].[W].[W].[Y]. The van der Waals surface area contributed by atoms with E-state index in [0.717, 1.165) is 0 Å². The van der Waals surface area contributed by atoms with Crippen molar-refractivity contribution in [2.45, 2.75) is 0 Å². The van der Waals surface area contributed by atoms with Gasteiger partial charge in [0.2, 0.25) is 17.2 Å². The number of H-pyrrole nitrogens is 8. The van der Waals surface area contributed by atoms with Gasteiger partial charge in [-0.2, -0.15) is 19.9 Å². The first-order valence-electron chi connectivity index (χ1n) is 23.2. The molecule has 14 aromatic rings. The minimum Gasteiger partial charge on any atom is -0.693 e. The van der Waals surface area contributed by atoms with Gasteiger partial charge in [-0.25, -0.2) is 49.8 Å². The fraction of sp³-hybridized carbons (Fsp3) is 0.146. The van der Waals surface area contributed by atoms with Crippen LogP contribution in [0.1, 0.15) is 0 Å². The molecular weight excluding hydrogens is 2100 g/mol. The molecule has 0 unspecified atom stereocenters. The van der Waals surface area contributed by atoms with Crippen molar-refractivity contribution in [1.29, 1.82) is 0 Å². The molecule has 0 atom stereocenters. The largest absolute Gasteiger partial charge is 0.693 e. The van der Waals surface area contributed by atoms with Crippen molar-refractivity contribution in [3.05, 3.63) is 114 Å². The number of anilines is 4. The van der Waals surface area contributed by atoms with E-state index in [1.54, 1.807) is 28.2 Å². The molecule has 0 saturated carbocycles. The van der Waals surface area contributed by atoms with E-state index in [4.69, 9.17) is 63.6 Å². The molecule has 0 bridgehead atoms. The minimum atomic E-state index is -0.223. The number of aromatic amines is 8. The maximum Gasteiger partial charge on any atom is 0.278 e. The first-order valence-corrected chi connectivity index (χ1v) is 25.5. The third kappa shape index (κ3) is 22.9. The fourth-order valence-corrected chi connectivity index (χ4v) is 7.28. The Labute approximate surface area is 620 Å². The Morgan fingerprint density at radius 2 is 0.802 bits per heavy atom. The summed E-state index contributed by atoms with van der Waals surface area (Å²) >= 11 is 25.6. The van der Waals surface area contributed by atoms with Crippen LogP contribution < -0.4 is 48.8 Å². The van der Waals surface area contributed by atoms with Crippen molar-refractivity contribution >= 4 is 182 Å². The number of rotatable bonds is 4. The van der Waals surface area contributed by atoms with E-state index in [2.05, 4.69) is 188 Å². The van der Waals surface area contributed by atoms with Crippen LogP contribution in [0.25, 0.3) is 101 Å². The van der Waals surface area contributed by atoms with Gasteiger partial charge in [-0.05, 0) is 59.6 Å². The molecule has 0 aromatic carbocycles. The van der Waals surface area contributed by atoms with Crippen LogP contribution in [-0.2, 0) is 117 Å². The van der Waals surface area contributed by atoms with Gasteiger partial charge in [-0.1, -0.05) is 40.6 Å². The van der Waals surface area contributed by atoms with Crippen molar-refractivity contribution in [2.24, 2.45) is 11.5 Å². The molecule has 0 aliphatic rings. The first kappa shape index (κ1) is 84.4. The number of hydrogen-bond acceptors (Lipinski definition) is 27. The van der Waals surface area contributed by atoms with Crippen molar-refractivity contribution in [3.8, 4) is 0 Å². The predicted octanol–water partition coefficient (Wildman–Crippen LogP) is 6.13. The molecular formula is C41H46BrCl4N38O2W4Y-5. The monoisotopic (exact) mass is 2150 g/mol. The van der Waals surface area contributed by atoms with E-state index in [1.165, 1.54) is 58.4 Å². The van der Waals surface area contributed by atoms with Gasteiger partial charge in [0.15, 0.2) is 60.0 Å². The maximum atomic E-state index is 11.2. The second-order valence-electron chi connectivity index (χ2n) is 14.7. The van der Waals surface area contributed by atoms with E-state index in [1.807, 2.05) is 0 Å². The summed E-state index contributed by atoms with van der Waals surface area (Å²) in [5, 5.41) is 11.8. The molecule has 0 fully saturated rings. The number of nitrogens with two attached hydrogens (primary N) is 3. The van der Waals surface area contributed by atoms with Gasteiger partial charge >= 0.3 is 0 Å². The van der Waals surface area contributed by atoms with Crippen LogP contribution in [0, 0.1) is 0 Å². The number of halogens is 5. The number of aromatic nitrogens is 28. The summed E-state index contributed by atoms with van der Waals surface area (Å²) in [6.07, 6.45) is 10.2. The molecule has 0 spiro atoms. The molecule has 91 heavy (non-hydrogen) atoms. The summed E-state index contributed by atoms with van der Waals surface area (Å²) < 4.78 is 0.391. The molecule has 479 valence electrons. The Morgan fingerprint density at radius 3 is 1.30 bits per heavy atom. The molecule has 1 radical (unpaired) electrons. The topological polar surface area (TPSA) is 625 Å². The molecule has 0 aliphatic heterocycles. The molecule has 21 N–H and O–H groups in total. The quantitative estimate of drug-likeness (QED) is 0.0695. The average Bonchev–Trinajstić information content (AvgIpc) is 3.06. The van der Waals surface area contributed by atoms with Gasteiger partial charge in [-0.15, -0.1) is 0 Å². The second kappa shape index (κ2) is 41.8.